The van der Waals surface area contributed by atoms with Crippen molar-refractivity contribution in [3.05, 3.63) is 44.3 Å². The second-order valence-corrected chi connectivity index (χ2v) is 12.9. The zero-order valence-electron chi connectivity index (χ0n) is 19.5. The van der Waals surface area contributed by atoms with Crippen molar-refractivity contribution in [1.29, 1.82) is 5.26 Å². The fourth-order valence-corrected chi connectivity index (χ4v) is 8.68. The fourth-order valence-electron chi connectivity index (χ4n) is 5.92. The van der Waals surface area contributed by atoms with Gasteiger partial charge in [-0.1, -0.05) is 6.07 Å². The number of carbonyl (C=O) groups is 1. The summed E-state index contributed by atoms with van der Waals surface area (Å²) in [5, 5.41) is 12.7. The number of thiophene rings is 1. The van der Waals surface area contributed by atoms with Crippen molar-refractivity contribution in [2.45, 2.75) is 55.7 Å². The van der Waals surface area contributed by atoms with Gasteiger partial charge < -0.3 is 10.1 Å². The molecule has 2 aliphatic carbocycles. The molecule has 184 valence electrons. The molecule has 0 unspecified atom stereocenters. The molecule has 0 saturated carbocycles. The zero-order chi connectivity index (χ0) is 24.2. The van der Waals surface area contributed by atoms with Crippen LogP contribution in [0.15, 0.2) is 10.3 Å². The molecule has 2 amide bonds. The summed E-state index contributed by atoms with van der Waals surface area (Å²) in [4.78, 5) is 16.1. The number of hydrogen-bond acceptors (Lipinski definition) is 7. The van der Waals surface area contributed by atoms with Crippen LogP contribution in [0.1, 0.15) is 51.1 Å². The van der Waals surface area contributed by atoms with E-state index in [-0.39, 0.29) is 9.77 Å². The number of nitrogens with one attached hydrogen (secondary N) is 2. The van der Waals surface area contributed by atoms with Crippen molar-refractivity contribution in [3.63, 3.8) is 0 Å². The number of urea groups is 1. The van der Waals surface area contributed by atoms with E-state index >= 15 is 0 Å². The Morgan fingerprint density at radius 3 is 2.46 bits per heavy atom. The molecule has 1 fully saturated rings. The Labute approximate surface area is 209 Å². The van der Waals surface area contributed by atoms with Crippen LogP contribution in [-0.4, -0.2) is 45.7 Å². The van der Waals surface area contributed by atoms with Crippen LogP contribution in [0.3, 0.4) is 0 Å². The number of sulfonamides is 1. The summed E-state index contributed by atoms with van der Waals surface area (Å²) in [7, 11) is -4.18. The van der Waals surface area contributed by atoms with E-state index in [1.807, 2.05) is 0 Å². The lowest BCUT2D eigenvalue weighted by atomic mass is 9.99. The number of fused-ring (bicyclic) bond motifs is 3. The third-order valence-electron chi connectivity index (χ3n) is 7.62. The van der Waals surface area contributed by atoms with Crippen molar-refractivity contribution >= 4 is 33.1 Å². The number of nitriles is 1. The number of rotatable bonds is 5. The quantitative estimate of drug-likeness (QED) is 0.637. The van der Waals surface area contributed by atoms with E-state index in [2.05, 4.69) is 27.1 Å². The van der Waals surface area contributed by atoms with Gasteiger partial charge in [0.15, 0.2) is 4.21 Å². The topological polar surface area (TPSA) is 112 Å². The van der Waals surface area contributed by atoms with Gasteiger partial charge in [0.05, 0.1) is 18.8 Å². The summed E-state index contributed by atoms with van der Waals surface area (Å²) in [5.74, 6) is 0.515. The van der Waals surface area contributed by atoms with Crippen LogP contribution >= 0.6 is 11.3 Å². The number of benzene rings is 1. The van der Waals surface area contributed by atoms with Crippen LogP contribution in [0.2, 0.25) is 0 Å². The highest BCUT2D eigenvalue weighted by Gasteiger charge is 2.33. The zero-order valence-corrected chi connectivity index (χ0v) is 21.1. The molecule has 2 aromatic rings. The van der Waals surface area contributed by atoms with Crippen molar-refractivity contribution < 1.29 is 17.9 Å². The van der Waals surface area contributed by atoms with Gasteiger partial charge >= 0.3 is 6.03 Å². The molecule has 2 N–H and O–H groups in total. The summed E-state index contributed by atoms with van der Waals surface area (Å²) in [6, 6.07) is 3.60. The average molecular weight is 513 g/mol. The minimum Gasteiger partial charge on any atom is -0.381 e. The maximum Gasteiger partial charge on any atom is 0.333 e. The second kappa shape index (κ2) is 8.89. The maximum absolute atomic E-state index is 13.3. The Morgan fingerprint density at radius 1 is 1.11 bits per heavy atom. The number of carbonyl (C=O) groups excluding carboxylic acids is 1. The first-order valence-corrected chi connectivity index (χ1v) is 14.6. The highest BCUT2D eigenvalue weighted by molar-refractivity contribution is 7.92. The molecular weight excluding hydrogens is 484 g/mol. The summed E-state index contributed by atoms with van der Waals surface area (Å²) in [6.07, 6.45) is 6.50. The smallest absolute Gasteiger partial charge is 0.333 e. The molecule has 0 radical (unpaired) electrons. The van der Waals surface area contributed by atoms with Crippen LogP contribution in [0.25, 0.3) is 0 Å². The van der Waals surface area contributed by atoms with E-state index in [0.717, 1.165) is 103 Å². The molecule has 35 heavy (non-hydrogen) atoms. The van der Waals surface area contributed by atoms with E-state index in [9.17, 15) is 18.5 Å². The summed E-state index contributed by atoms with van der Waals surface area (Å²) in [5.41, 5.74) is 6.58. The Morgan fingerprint density at radius 2 is 1.83 bits per heavy atom. The van der Waals surface area contributed by atoms with Crippen LogP contribution in [0.5, 0.6) is 0 Å². The molecule has 0 atom stereocenters. The largest absolute Gasteiger partial charge is 0.381 e. The first-order valence-electron chi connectivity index (χ1n) is 12.3. The van der Waals surface area contributed by atoms with Crippen LogP contribution in [0.4, 0.5) is 10.5 Å². The standard InChI is InChI=1S/C25H28N4O4S2/c26-10-21-20-7-8-29(11-15-13-33-14-15)12-22(20)34-24(21)35(31,32)28-25(30)27-23-18-5-1-3-16(18)9-17-4-2-6-19(17)23/h9,15H,1-8,11-14H2,(H2,27,28,30). The lowest BCUT2D eigenvalue weighted by Gasteiger charge is -2.34. The molecular formula is C25H28N4O4S2. The fraction of sp³-hybridized carbons (Fsp3) is 0.520. The van der Waals surface area contributed by atoms with Gasteiger partial charge in [0.25, 0.3) is 10.0 Å². The van der Waals surface area contributed by atoms with Gasteiger partial charge in [-0.2, -0.15) is 5.26 Å². The van der Waals surface area contributed by atoms with Gasteiger partial charge in [-0.05, 0) is 72.8 Å². The van der Waals surface area contributed by atoms with E-state index in [4.69, 9.17) is 4.74 Å². The monoisotopic (exact) mass is 512 g/mol. The summed E-state index contributed by atoms with van der Waals surface area (Å²) in [6.45, 7) is 3.85. The predicted octanol–water partition coefficient (Wildman–Crippen LogP) is 3.11. The van der Waals surface area contributed by atoms with Crippen molar-refractivity contribution in [2.75, 3.05) is 31.6 Å². The molecule has 10 heteroatoms. The van der Waals surface area contributed by atoms with Gasteiger partial charge in [-0.3, -0.25) is 4.90 Å². The van der Waals surface area contributed by atoms with Crippen LogP contribution in [-0.2, 0) is 53.4 Å². The molecule has 1 saturated heterocycles. The highest BCUT2D eigenvalue weighted by atomic mass is 32.2. The first-order chi connectivity index (χ1) is 16.9. The average Bonchev–Trinajstić information content (AvgIpc) is 3.53. The third-order valence-corrected chi connectivity index (χ3v) is 10.7. The van der Waals surface area contributed by atoms with E-state index in [1.54, 1.807) is 0 Å². The maximum atomic E-state index is 13.3. The minimum absolute atomic E-state index is 0.0579. The molecule has 8 nitrogen and oxygen atoms in total. The molecule has 0 bridgehead atoms. The lowest BCUT2D eigenvalue weighted by molar-refractivity contribution is -0.0478. The van der Waals surface area contributed by atoms with Gasteiger partial charge in [-0.25, -0.2) is 17.9 Å². The first kappa shape index (κ1) is 23.0. The SMILES string of the molecule is N#Cc1c(S(=O)(=O)NC(=O)Nc2c3c(cc4c2CCC4)CCC3)sc2c1CCN(CC1COC1)C2. The molecule has 0 spiro atoms. The number of hydrogen-bond donors (Lipinski definition) is 2. The Balaban J connectivity index is 1.23. The molecule has 3 heterocycles. The Hall–Kier alpha value is -2.45. The Kier molecular flexibility index (Phi) is 5.84. The van der Waals surface area contributed by atoms with Crippen molar-refractivity contribution in [3.8, 4) is 6.07 Å². The second-order valence-electron chi connectivity index (χ2n) is 9.96. The van der Waals surface area contributed by atoms with Gasteiger partial charge in [0, 0.05) is 36.1 Å². The van der Waals surface area contributed by atoms with Crippen LogP contribution in [0, 0.1) is 17.2 Å². The summed E-state index contributed by atoms with van der Waals surface area (Å²) < 4.78 is 33.9. The number of ether oxygens (including phenoxy) is 1. The van der Waals surface area contributed by atoms with Gasteiger partial charge in [0.2, 0.25) is 0 Å². The normalized spacial score (nSPS) is 19.4. The highest BCUT2D eigenvalue weighted by Crippen LogP contribution is 2.39. The molecule has 1 aromatic heterocycles. The van der Waals surface area contributed by atoms with E-state index < -0.39 is 16.1 Å². The van der Waals surface area contributed by atoms with Crippen LogP contribution < -0.4 is 10.0 Å². The van der Waals surface area contributed by atoms with Crippen molar-refractivity contribution in [1.82, 2.24) is 9.62 Å². The molecule has 1 aromatic carbocycles. The van der Waals surface area contributed by atoms with Gasteiger partial charge in [0.1, 0.15) is 6.07 Å². The lowest BCUT2D eigenvalue weighted by Crippen LogP contribution is -2.41. The van der Waals surface area contributed by atoms with E-state index in [1.165, 1.54) is 11.1 Å². The summed E-state index contributed by atoms with van der Waals surface area (Å²) >= 11 is 1.11. The third kappa shape index (κ3) is 4.14. The number of anilines is 1. The Bertz CT molecular complexity index is 1320. The predicted molar refractivity (Wildman–Crippen MR) is 132 cm³/mol. The molecule has 4 aliphatic rings. The number of aryl methyl sites for hydroxylation is 2. The molecule has 6 rings (SSSR count). The van der Waals surface area contributed by atoms with E-state index in [0.29, 0.717) is 18.9 Å². The van der Waals surface area contributed by atoms with Crippen molar-refractivity contribution in [2.24, 2.45) is 5.92 Å². The minimum atomic E-state index is -4.18. The number of nitrogens with zero attached hydrogens (tertiary/aromatic N) is 2. The van der Waals surface area contributed by atoms with Gasteiger partial charge in [-0.15, -0.1) is 11.3 Å². The molecule has 2 aliphatic heterocycles. The number of amides is 2.